The Balaban J connectivity index is 2.76. The molecule has 0 aliphatic heterocycles. The van der Waals surface area contributed by atoms with Crippen LogP contribution < -0.4 is 0 Å². The molecule has 1 aromatic rings. The lowest BCUT2D eigenvalue weighted by molar-refractivity contribution is 0.389. The predicted molar refractivity (Wildman–Crippen MR) is 82.5 cm³/mol. The molecule has 0 aliphatic rings. The zero-order valence-corrected chi connectivity index (χ0v) is 14.2. The lowest BCUT2D eigenvalue weighted by Crippen LogP contribution is -2.39. The lowest BCUT2D eigenvalue weighted by atomic mass is 10.2. The molecule has 0 saturated carbocycles. The van der Waals surface area contributed by atoms with Gasteiger partial charge in [-0.3, -0.25) is 0 Å². The van der Waals surface area contributed by atoms with Gasteiger partial charge in [0.05, 0.1) is 0 Å². The molecule has 0 spiro atoms. The second-order valence-electron chi connectivity index (χ2n) is 4.22. The van der Waals surface area contributed by atoms with Crippen LogP contribution in [0.15, 0.2) is 28.7 Å². The van der Waals surface area contributed by atoms with Crippen molar-refractivity contribution in [2.24, 2.45) is 0 Å². The van der Waals surface area contributed by atoms with Gasteiger partial charge >= 0.3 is 0 Å². The Morgan fingerprint density at radius 1 is 1.21 bits per heavy atom. The van der Waals surface area contributed by atoms with E-state index in [2.05, 4.69) is 15.9 Å². The Morgan fingerprint density at radius 3 is 2.42 bits per heavy atom. The maximum absolute atomic E-state index is 12.2. The number of rotatable bonds is 7. The Morgan fingerprint density at radius 2 is 1.84 bits per heavy atom. The maximum Gasteiger partial charge on any atom is 0.281 e. The molecule has 0 aromatic heterocycles. The van der Waals surface area contributed by atoms with E-state index in [0.29, 0.717) is 25.4 Å². The summed E-state index contributed by atoms with van der Waals surface area (Å²) in [5.41, 5.74) is 0.930. The summed E-state index contributed by atoms with van der Waals surface area (Å²) in [4.78, 5) is 0. The summed E-state index contributed by atoms with van der Waals surface area (Å²) >= 11 is 9.00. The molecule has 0 radical (unpaired) electrons. The average Bonchev–Trinajstić information content (AvgIpc) is 2.38. The van der Waals surface area contributed by atoms with E-state index in [9.17, 15) is 8.42 Å². The third kappa shape index (κ3) is 4.72. The standard InChI is InChI=1S/C12H18BrClN2O2S/c1-15(9-5-8-14)19(17,18)16(2)10-11-6-3-4-7-12(11)13/h3-4,6-7H,5,8-10H2,1-2H3. The first-order valence-corrected chi connectivity index (χ1v) is 8.59. The topological polar surface area (TPSA) is 40.6 Å². The summed E-state index contributed by atoms with van der Waals surface area (Å²) < 4.78 is 28.1. The lowest BCUT2D eigenvalue weighted by Gasteiger charge is -2.24. The van der Waals surface area contributed by atoms with E-state index in [1.807, 2.05) is 24.3 Å². The molecule has 108 valence electrons. The summed E-state index contributed by atoms with van der Waals surface area (Å²) in [6, 6.07) is 7.58. The Hall–Kier alpha value is -0.140. The van der Waals surface area contributed by atoms with Crippen molar-refractivity contribution in [3.05, 3.63) is 34.3 Å². The van der Waals surface area contributed by atoms with E-state index in [1.165, 1.54) is 8.61 Å². The van der Waals surface area contributed by atoms with Crippen LogP contribution in [0.2, 0.25) is 0 Å². The molecule has 7 heteroatoms. The van der Waals surface area contributed by atoms with E-state index in [-0.39, 0.29) is 0 Å². The van der Waals surface area contributed by atoms with Gasteiger partial charge in [0.1, 0.15) is 0 Å². The molecule has 0 N–H and O–H groups in total. The monoisotopic (exact) mass is 368 g/mol. The fourth-order valence-corrected chi connectivity index (χ4v) is 3.25. The van der Waals surface area contributed by atoms with Crippen LogP contribution in [0.1, 0.15) is 12.0 Å². The van der Waals surface area contributed by atoms with Crippen LogP contribution in [0.5, 0.6) is 0 Å². The molecule has 0 saturated heterocycles. The normalized spacial score (nSPS) is 12.3. The number of hydrogen-bond donors (Lipinski definition) is 0. The molecule has 0 heterocycles. The van der Waals surface area contributed by atoms with E-state index in [4.69, 9.17) is 11.6 Å². The van der Waals surface area contributed by atoms with Gasteiger partial charge in [-0.2, -0.15) is 17.0 Å². The minimum absolute atomic E-state index is 0.328. The van der Waals surface area contributed by atoms with Gasteiger partial charge in [-0.1, -0.05) is 34.1 Å². The van der Waals surface area contributed by atoms with E-state index >= 15 is 0 Å². The summed E-state index contributed by atoms with van der Waals surface area (Å²) in [7, 11) is -0.296. The number of hydrogen-bond acceptors (Lipinski definition) is 2. The zero-order valence-electron chi connectivity index (χ0n) is 11.0. The maximum atomic E-state index is 12.2. The largest absolute Gasteiger partial charge is 0.281 e. The molecular weight excluding hydrogens is 352 g/mol. The molecule has 0 aliphatic carbocycles. The summed E-state index contributed by atoms with van der Waals surface area (Å²) in [6.07, 6.45) is 0.639. The van der Waals surface area contributed by atoms with Crippen LogP contribution >= 0.6 is 27.5 Å². The molecule has 1 aromatic carbocycles. The van der Waals surface area contributed by atoms with Crippen LogP contribution in [-0.4, -0.2) is 43.5 Å². The number of alkyl halides is 1. The Kier molecular flexibility index (Phi) is 6.76. The van der Waals surface area contributed by atoms with Crippen LogP contribution in [-0.2, 0) is 16.8 Å². The molecule has 0 unspecified atom stereocenters. The van der Waals surface area contributed by atoms with Gasteiger partial charge in [0.2, 0.25) is 0 Å². The highest BCUT2D eigenvalue weighted by Gasteiger charge is 2.23. The number of nitrogens with zero attached hydrogens (tertiary/aromatic N) is 2. The highest BCUT2D eigenvalue weighted by atomic mass is 79.9. The van der Waals surface area contributed by atoms with E-state index < -0.39 is 10.2 Å². The van der Waals surface area contributed by atoms with Gasteiger partial charge in [-0.15, -0.1) is 11.6 Å². The molecule has 0 atom stereocenters. The van der Waals surface area contributed by atoms with Gasteiger partial charge in [-0.25, -0.2) is 0 Å². The Bertz CT molecular complexity index is 510. The number of benzene rings is 1. The van der Waals surface area contributed by atoms with Gasteiger partial charge in [-0.05, 0) is 18.1 Å². The quantitative estimate of drug-likeness (QED) is 0.693. The second-order valence-corrected chi connectivity index (χ2v) is 7.59. The SMILES string of the molecule is CN(CCCCl)S(=O)(=O)N(C)Cc1ccccc1Br. The molecule has 0 fully saturated rings. The van der Waals surface area contributed by atoms with Crippen LogP contribution in [0.25, 0.3) is 0 Å². The van der Waals surface area contributed by atoms with Crippen molar-refractivity contribution >= 4 is 37.7 Å². The Labute approximate surface area is 128 Å². The predicted octanol–water partition coefficient (Wildman–Crippen LogP) is 2.69. The highest BCUT2D eigenvalue weighted by molar-refractivity contribution is 9.10. The fraction of sp³-hybridized carbons (Fsp3) is 0.500. The van der Waals surface area contributed by atoms with Gasteiger partial charge in [0.25, 0.3) is 10.2 Å². The third-order valence-corrected chi connectivity index (χ3v) is 5.67. The third-order valence-electron chi connectivity index (χ3n) is 2.75. The van der Waals surface area contributed by atoms with Crippen molar-refractivity contribution in [1.29, 1.82) is 0 Å². The van der Waals surface area contributed by atoms with Crippen molar-refractivity contribution in [3.63, 3.8) is 0 Å². The fourth-order valence-electron chi connectivity index (χ4n) is 1.58. The van der Waals surface area contributed by atoms with Gasteiger partial charge < -0.3 is 0 Å². The molecular formula is C12H18BrClN2O2S. The minimum atomic E-state index is -3.44. The first kappa shape index (κ1) is 16.9. The van der Waals surface area contributed by atoms with Gasteiger partial charge in [0.15, 0.2) is 0 Å². The summed E-state index contributed by atoms with van der Waals surface area (Å²) in [5, 5.41) is 0. The van der Waals surface area contributed by atoms with Crippen molar-refractivity contribution in [2.45, 2.75) is 13.0 Å². The van der Waals surface area contributed by atoms with Gasteiger partial charge in [0, 0.05) is 37.5 Å². The summed E-state index contributed by atoms with van der Waals surface area (Å²) in [6.45, 7) is 0.751. The van der Waals surface area contributed by atoms with Crippen LogP contribution in [0, 0.1) is 0 Å². The first-order chi connectivity index (χ1) is 8.89. The molecule has 0 amide bonds. The number of halogens is 2. The first-order valence-electron chi connectivity index (χ1n) is 5.86. The smallest absolute Gasteiger partial charge is 0.195 e. The van der Waals surface area contributed by atoms with Crippen LogP contribution in [0.4, 0.5) is 0 Å². The summed E-state index contributed by atoms with van der Waals surface area (Å²) in [5.74, 6) is 0.452. The van der Waals surface area contributed by atoms with E-state index in [0.717, 1.165) is 10.0 Å². The second kappa shape index (κ2) is 7.59. The van der Waals surface area contributed by atoms with Crippen molar-refractivity contribution in [1.82, 2.24) is 8.61 Å². The van der Waals surface area contributed by atoms with Crippen molar-refractivity contribution < 1.29 is 8.42 Å². The molecule has 1 rings (SSSR count). The minimum Gasteiger partial charge on any atom is -0.195 e. The molecule has 4 nitrogen and oxygen atoms in total. The average molecular weight is 370 g/mol. The molecule has 0 bridgehead atoms. The van der Waals surface area contributed by atoms with Crippen molar-refractivity contribution in [3.8, 4) is 0 Å². The molecule has 19 heavy (non-hydrogen) atoms. The van der Waals surface area contributed by atoms with Crippen LogP contribution in [0.3, 0.4) is 0 Å². The highest BCUT2D eigenvalue weighted by Crippen LogP contribution is 2.19. The van der Waals surface area contributed by atoms with Crippen molar-refractivity contribution in [2.75, 3.05) is 26.5 Å². The zero-order chi connectivity index (χ0) is 14.5. The van der Waals surface area contributed by atoms with E-state index in [1.54, 1.807) is 14.1 Å².